The van der Waals surface area contributed by atoms with Crippen LogP contribution in [0, 0.1) is 0 Å². The predicted molar refractivity (Wildman–Crippen MR) is 122 cm³/mol. The number of benzene rings is 1. The molecule has 1 unspecified atom stereocenters. The van der Waals surface area contributed by atoms with Crippen LogP contribution in [0.2, 0.25) is 0 Å². The van der Waals surface area contributed by atoms with E-state index in [1.54, 1.807) is 0 Å². The highest BCUT2D eigenvalue weighted by Crippen LogP contribution is 2.28. The molecule has 0 saturated carbocycles. The third-order valence-electron chi connectivity index (χ3n) is 6.44. The molecular weight excluding hydrogens is 388 g/mol. The van der Waals surface area contributed by atoms with Crippen molar-refractivity contribution in [3.8, 4) is 0 Å². The Morgan fingerprint density at radius 2 is 1.87 bits per heavy atom. The first-order chi connectivity index (χ1) is 15.1. The molecule has 0 bridgehead atoms. The van der Waals surface area contributed by atoms with E-state index in [1.165, 1.54) is 0 Å². The number of rotatable bonds is 4. The monoisotopic (exact) mass is 418 g/mol. The number of nitrogens with one attached hydrogen (secondary N) is 1. The highest BCUT2D eigenvalue weighted by molar-refractivity contribution is 5.93. The summed E-state index contributed by atoms with van der Waals surface area (Å²) in [6, 6.07) is 9.97. The number of imidazole rings is 1. The zero-order chi connectivity index (χ0) is 21.4. The summed E-state index contributed by atoms with van der Waals surface area (Å²) in [5, 5.41) is 0. The fourth-order valence-corrected chi connectivity index (χ4v) is 4.63. The molecule has 1 N–H and O–H groups in total. The van der Waals surface area contributed by atoms with Gasteiger partial charge in [0.05, 0.1) is 11.0 Å². The molecule has 1 amide bonds. The number of anilines is 1. The normalized spacial score (nSPS) is 19.5. The number of piperidine rings is 1. The molecule has 4 heterocycles. The van der Waals surface area contributed by atoms with Crippen molar-refractivity contribution in [3.05, 3.63) is 47.5 Å². The van der Waals surface area contributed by atoms with E-state index >= 15 is 0 Å². The predicted octanol–water partition coefficient (Wildman–Crippen LogP) is 4.10. The van der Waals surface area contributed by atoms with Crippen LogP contribution in [-0.4, -0.2) is 56.9 Å². The minimum absolute atomic E-state index is 0.00515. The second kappa shape index (κ2) is 8.29. The van der Waals surface area contributed by atoms with Gasteiger partial charge in [0.15, 0.2) is 0 Å². The van der Waals surface area contributed by atoms with Crippen LogP contribution in [-0.2, 0) is 0 Å². The number of nitrogens with zero attached hydrogens (tertiary/aromatic N) is 5. The van der Waals surface area contributed by atoms with Crippen molar-refractivity contribution in [1.29, 1.82) is 0 Å². The van der Waals surface area contributed by atoms with Crippen LogP contribution >= 0.6 is 0 Å². The summed E-state index contributed by atoms with van der Waals surface area (Å²) in [6.07, 6.45) is 4.31. The van der Waals surface area contributed by atoms with Crippen LogP contribution < -0.4 is 4.90 Å². The van der Waals surface area contributed by atoms with Gasteiger partial charge in [-0.1, -0.05) is 26.0 Å². The SMILES string of the molecule is CC(C)c1cc(C(=O)N2CCCC(c3nc4ccccc4[nH]3)C2)nc(N2CCCC2)n1. The number of hydrogen-bond donors (Lipinski definition) is 1. The average molecular weight is 419 g/mol. The number of aromatic nitrogens is 4. The molecule has 3 aromatic rings. The van der Waals surface area contributed by atoms with Gasteiger partial charge >= 0.3 is 0 Å². The van der Waals surface area contributed by atoms with E-state index in [1.807, 2.05) is 35.2 Å². The largest absolute Gasteiger partial charge is 0.342 e. The maximum absolute atomic E-state index is 13.5. The Morgan fingerprint density at radius 3 is 2.65 bits per heavy atom. The highest BCUT2D eigenvalue weighted by Gasteiger charge is 2.29. The summed E-state index contributed by atoms with van der Waals surface area (Å²) in [5.74, 6) is 2.15. The Hall–Kier alpha value is -2.96. The van der Waals surface area contributed by atoms with Gasteiger partial charge in [-0.3, -0.25) is 4.79 Å². The summed E-state index contributed by atoms with van der Waals surface area (Å²) < 4.78 is 0. The molecule has 1 atom stereocenters. The van der Waals surface area contributed by atoms with E-state index in [2.05, 4.69) is 23.7 Å². The van der Waals surface area contributed by atoms with Crippen LogP contribution in [0.5, 0.6) is 0 Å². The third kappa shape index (κ3) is 4.01. The maximum Gasteiger partial charge on any atom is 0.272 e. The lowest BCUT2D eigenvalue weighted by Crippen LogP contribution is -2.40. The van der Waals surface area contributed by atoms with Crippen LogP contribution in [0.3, 0.4) is 0 Å². The molecule has 162 valence electrons. The fourth-order valence-electron chi connectivity index (χ4n) is 4.63. The van der Waals surface area contributed by atoms with Crippen LogP contribution in [0.4, 0.5) is 5.95 Å². The third-order valence-corrected chi connectivity index (χ3v) is 6.44. The first kappa shape index (κ1) is 20.0. The van der Waals surface area contributed by atoms with Gasteiger partial charge in [0, 0.05) is 37.8 Å². The number of amides is 1. The van der Waals surface area contributed by atoms with Gasteiger partial charge in [-0.25, -0.2) is 15.0 Å². The minimum Gasteiger partial charge on any atom is -0.342 e. The van der Waals surface area contributed by atoms with Gasteiger partial charge in [-0.2, -0.15) is 0 Å². The molecule has 0 spiro atoms. The van der Waals surface area contributed by atoms with Gasteiger partial charge in [0.2, 0.25) is 5.95 Å². The van der Waals surface area contributed by atoms with E-state index < -0.39 is 0 Å². The van der Waals surface area contributed by atoms with Crippen LogP contribution in [0.1, 0.15) is 73.4 Å². The van der Waals surface area contributed by atoms with Gasteiger partial charge in [-0.15, -0.1) is 0 Å². The average Bonchev–Trinajstić information content (AvgIpc) is 3.48. The van der Waals surface area contributed by atoms with Crippen molar-refractivity contribution in [2.75, 3.05) is 31.1 Å². The summed E-state index contributed by atoms with van der Waals surface area (Å²) in [7, 11) is 0. The molecule has 31 heavy (non-hydrogen) atoms. The Labute approximate surface area is 182 Å². The molecule has 2 aliphatic rings. The van der Waals surface area contributed by atoms with Crippen molar-refractivity contribution < 1.29 is 4.79 Å². The zero-order valence-corrected chi connectivity index (χ0v) is 18.3. The van der Waals surface area contributed by atoms with E-state index in [0.717, 1.165) is 67.9 Å². The second-order valence-corrected chi connectivity index (χ2v) is 9.06. The van der Waals surface area contributed by atoms with Crippen LogP contribution in [0.15, 0.2) is 30.3 Å². The van der Waals surface area contributed by atoms with Crippen molar-refractivity contribution >= 4 is 22.9 Å². The Balaban J connectivity index is 1.40. The number of likely N-dealkylation sites (tertiary alicyclic amines) is 1. The summed E-state index contributed by atoms with van der Waals surface area (Å²) >= 11 is 0. The molecule has 2 aromatic heterocycles. The maximum atomic E-state index is 13.5. The quantitative estimate of drug-likeness (QED) is 0.690. The standard InChI is InChI=1S/C24H30N6O/c1-16(2)20-14-21(28-24(27-20)29-11-5-6-12-29)23(31)30-13-7-8-17(15-30)22-25-18-9-3-4-10-19(18)26-22/h3-4,9-10,14,16-17H,5-8,11-13,15H2,1-2H3,(H,25,26). The van der Waals surface area contributed by atoms with E-state index in [0.29, 0.717) is 18.2 Å². The topological polar surface area (TPSA) is 78.0 Å². The lowest BCUT2D eigenvalue weighted by molar-refractivity contribution is 0.0698. The number of para-hydroxylation sites is 2. The lowest BCUT2D eigenvalue weighted by atomic mass is 9.97. The second-order valence-electron chi connectivity index (χ2n) is 9.06. The summed E-state index contributed by atoms with van der Waals surface area (Å²) in [6.45, 7) is 7.58. The molecule has 5 rings (SSSR count). The lowest BCUT2D eigenvalue weighted by Gasteiger charge is -2.32. The first-order valence-electron chi connectivity index (χ1n) is 11.5. The molecule has 0 aliphatic carbocycles. The number of aromatic amines is 1. The molecule has 0 radical (unpaired) electrons. The molecule has 1 aromatic carbocycles. The van der Waals surface area contributed by atoms with Gasteiger partial charge in [-0.05, 0) is 49.8 Å². The van der Waals surface area contributed by atoms with Crippen LogP contribution in [0.25, 0.3) is 11.0 Å². The first-order valence-corrected chi connectivity index (χ1v) is 11.5. The molecular formula is C24H30N6O. The van der Waals surface area contributed by atoms with Crippen molar-refractivity contribution in [1.82, 2.24) is 24.8 Å². The van der Waals surface area contributed by atoms with Gasteiger partial charge in [0.25, 0.3) is 5.91 Å². The minimum atomic E-state index is 0.00515. The van der Waals surface area contributed by atoms with Gasteiger partial charge in [0.1, 0.15) is 11.5 Å². The van der Waals surface area contributed by atoms with Crippen molar-refractivity contribution in [3.63, 3.8) is 0 Å². The molecule has 2 aliphatic heterocycles. The number of carbonyl (C=O) groups is 1. The fraction of sp³-hybridized carbons (Fsp3) is 0.500. The Morgan fingerprint density at radius 1 is 1.06 bits per heavy atom. The molecule has 7 heteroatoms. The van der Waals surface area contributed by atoms with E-state index in [-0.39, 0.29) is 17.7 Å². The molecule has 2 fully saturated rings. The van der Waals surface area contributed by atoms with Gasteiger partial charge < -0.3 is 14.8 Å². The Kier molecular flexibility index (Phi) is 5.34. The highest BCUT2D eigenvalue weighted by atomic mass is 16.2. The Bertz CT molecular complexity index is 1050. The molecule has 7 nitrogen and oxygen atoms in total. The van der Waals surface area contributed by atoms with Crippen molar-refractivity contribution in [2.24, 2.45) is 0 Å². The van der Waals surface area contributed by atoms with Crippen molar-refractivity contribution in [2.45, 2.75) is 51.4 Å². The summed E-state index contributed by atoms with van der Waals surface area (Å²) in [4.78, 5) is 35.3. The zero-order valence-electron chi connectivity index (χ0n) is 18.3. The number of hydrogen-bond acceptors (Lipinski definition) is 5. The number of carbonyl (C=O) groups excluding carboxylic acids is 1. The smallest absolute Gasteiger partial charge is 0.272 e. The number of fused-ring (bicyclic) bond motifs is 1. The molecule has 2 saturated heterocycles. The van der Waals surface area contributed by atoms with E-state index in [9.17, 15) is 4.79 Å². The van der Waals surface area contributed by atoms with E-state index in [4.69, 9.17) is 15.0 Å². The summed E-state index contributed by atoms with van der Waals surface area (Å²) in [5.41, 5.74) is 3.49. The number of H-pyrrole nitrogens is 1.